The molecule has 3 heterocycles. The van der Waals surface area contributed by atoms with Gasteiger partial charge in [0.1, 0.15) is 11.9 Å². The Morgan fingerprint density at radius 3 is 3.05 bits per heavy atom. The summed E-state index contributed by atoms with van der Waals surface area (Å²) >= 11 is 0. The molecule has 2 aromatic rings. The predicted molar refractivity (Wildman–Crippen MR) is 77.1 cm³/mol. The fourth-order valence-electron chi connectivity index (χ4n) is 2.53. The summed E-state index contributed by atoms with van der Waals surface area (Å²) in [5, 5.41) is 3.34. The van der Waals surface area contributed by atoms with Gasteiger partial charge in [0.2, 0.25) is 11.8 Å². The first-order valence-electron chi connectivity index (χ1n) is 7.00. The number of imidazole rings is 1. The first-order valence-corrected chi connectivity index (χ1v) is 7.00. The highest BCUT2D eigenvalue weighted by Crippen LogP contribution is 2.29. The number of rotatable bonds is 4. The van der Waals surface area contributed by atoms with E-state index in [-0.39, 0.29) is 12.1 Å². The maximum atomic E-state index is 5.91. The van der Waals surface area contributed by atoms with Gasteiger partial charge in [0.25, 0.3) is 0 Å². The summed E-state index contributed by atoms with van der Waals surface area (Å²) < 4.78 is 13.0. The van der Waals surface area contributed by atoms with Crippen LogP contribution >= 0.6 is 0 Å². The minimum Gasteiger partial charge on any atom is -0.481 e. The Balaban J connectivity index is 1.79. The van der Waals surface area contributed by atoms with Gasteiger partial charge in [-0.2, -0.15) is 4.98 Å². The molecule has 2 aromatic heterocycles. The number of hydrogen-bond donors (Lipinski definition) is 1. The topological polar surface area (TPSA) is 74.1 Å². The van der Waals surface area contributed by atoms with Crippen molar-refractivity contribution >= 4 is 5.95 Å². The lowest BCUT2D eigenvalue weighted by Crippen LogP contribution is -2.35. The summed E-state index contributed by atoms with van der Waals surface area (Å²) in [7, 11) is 3.56. The van der Waals surface area contributed by atoms with Crippen molar-refractivity contribution in [1.82, 2.24) is 19.5 Å². The number of aryl methyl sites for hydroxylation is 1. The Morgan fingerprint density at radius 1 is 1.38 bits per heavy atom. The lowest BCUT2D eigenvalue weighted by Gasteiger charge is -2.31. The lowest BCUT2D eigenvalue weighted by atomic mass is 10.0. The van der Waals surface area contributed by atoms with E-state index < -0.39 is 0 Å². The van der Waals surface area contributed by atoms with Crippen molar-refractivity contribution in [3.8, 4) is 5.88 Å². The molecular weight excluding hydrogens is 270 g/mol. The van der Waals surface area contributed by atoms with Gasteiger partial charge in [0.05, 0.1) is 13.2 Å². The summed E-state index contributed by atoms with van der Waals surface area (Å²) in [6.45, 7) is 0.745. The van der Waals surface area contributed by atoms with E-state index >= 15 is 0 Å². The van der Waals surface area contributed by atoms with Gasteiger partial charge in [0.15, 0.2) is 0 Å². The van der Waals surface area contributed by atoms with E-state index in [1.807, 2.05) is 17.8 Å². The number of methoxy groups -OCH3 is 1. The summed E-state index contributed by atoms with van der Waals surface area (Å²) in [4.78, 5) is 12.9. The minimum atomic E-state index is -0.103. The third-order valence-electron chi connectivity index (χ3n) is 3.59. The average molecular weight is 289 g/mol. The lowest BCUT2D eigenvalue weighted by molar-refractivity contribution is -0.00146. The van der Waals surface area contributed by atoms with Crippen molar-refractivity contribution in [2.24, 2.45) is 7.05 Å². The second-order valence-corrected chi connectivity index (χ2v) is 5.00. The zero-order chi connectivity index (χ0) is 14.7. The number of hydrogen-bond acceptors (Lipinski definition) is 6. The molecule has 2 atom stereocenters. The molecule has 1 aliphatic rings. The van der Waals surface area contributed by atoms with Gasteiger partial charge in [-0.3, -0.25) is 0 Å². The standard InChI is InChI=1S/C14H19N5O2/c1-19-8-7-15-13(19)12-10(4-3-9-21-12)17-14-16-6-5-11(18-14)20-2/h5-8,10,12H,3-4,9H2,1-2H3,(H,16,17,18)/t10-,12-/m0/s1. The van der Waals surface area contributed by atoms with Crippen molar-refractivity contribution in [3.63, 3.8) is 0 Å². The maximum Gasteiger partial charge on any atom is 0.226 e. The largest absolute Gasteiger partial charge is 0.481 e. The molecule has 7 nitrogen and oxygen atoms in total. The molecule has 0 bridgehead atoms. The van der Waals surface area contributed by atoms with E-state index in [0.29, 0.717) is 11.8 Å². The molecule has 0 aromatic carbocycles. The van der Waals surface area contributed by atoms with Crippen molar-refractivity contribution in [2.75, 3.05) is 19.0 Å². The first-order chi connectivity index (χ1) is 10.3. The van der Waals surface area contributed by atoms with E-state index in [1.54, 1.807) is 25.6 Å². The molecule has 0 spiro atoms. The molecule has 0 unspecified atom stereocenters. The molecule has 1 N–H and O–H groups in total. The molecule has 0 amide bonds. The molecule has 0 radical (unpaired) electrons. The average Bonchev–Trinajstić information content (AvgIpc) is 2.94. The van der Waals surface area contributed by atoms with Crippen LogP contribution in [0.5, 0.6) is 5.88 Å². The molecule has 21 heavy (non-hydrogen) atoms. The van der Waals surface area contributed by atoms with Gasteiger partial charge in [-0.05, 0) is 12.8 Å². The second-order valence-electron chi connectivity index (χ2n) is 5.00. The number of nitrogens with zero attached hydrogens (tertiary/aromatic N) is 4. The highest BCUT2D eigenvalue weighted by Gasteiger charge is 2.30. The molecule has 1 saturated heterocycles. The molecule has 3 rings (SSSR count). The molecule has 0 aliphatic carbocycles. The monoisotopic (exact) mass is 289 g/mol. The summed E-state index contributed by atoms with van der Waals surface area (Å²) in [5.74, 6) is 2.00. The Morgan fingerprint density at radius 2 is 2.29 bits per heavy atom. The highest BCUT2D eigenvalue weighted by molar-refractivity contribution is 5.30. The third-order valence-corrected chi connectivity index (χ3v) is 3.59. The Hall–Kier alpha value is -2.15. The predicted octanol–water partition coefficient (Wildman–Crippen LogP) is 1.55. The highest BCUT2D eigenvalue weighted by atomic mass is 16.5. The van der Waals surface area contributed by atoms with Gasteiger partial charge in [-0.15, -0.1) is 0 Å². The van der Waals surface area contributed by atoms with Crippen LogP contribution < -0.4 is 10.1 Å². The van der Waals surface area contributed by atoms with Gasteiger partial charge >= 0.3 is 0 Å². The zero-order valence-electron chi connectivity index (χ0n) is 12.2. The van der Waals surface area contributed by atoms with Crippen LogP contribution in [0.25, 0.3) is 0 Å². The van der Waals surface area contributed by atoms with Crippen LogP contribution in [0.1, 0.15) is 24.8 Å². The van der Waals surface area contributed by atoms with Crippen molar-refractivity contribution in [1.29, 1.82) is 0 Å². The summed E-state index contributed by atoms with van der Waals surface area (Å²) in [6.07, 6.45) is 7.26. The molecule has 1 fully saturated rings. The van der Waals surface area contributed by atoms with Crippen molar-refractivity contribution in [2.45, 2.75) is 25.0 Å². The smallest absolute Gasteiger partial charge is 0.226 e. The van der Waals surface area contributed by atoms with Crippen molar-refractivity contribution in [3.05, 3.63) is 30.5 Å². The number of aromatic nitrogens is 4. The van der Waals surface area contributed by atoms with Crippen LogP contribution in [-0.2, 0) is 11.8 Å². The third kappa shape index (κ3) is 2.97. The van der Waals surface area contributed by atoms with Crippen LogP contribution in [0.2, 0.25) is 0 Å². The number of anilines is 1. The van der Waals surface area contributed by atoms with Crippen LogP contribution in [0.4, 0.5) is 5.95 Å². The summed E-state index contributed by atoms with van der Waals surface area (Å²) in [6, 6.07) is 1.81. The van der Waals surface area contributed by atoms with Crippen LogP contribution in [-0.4, -0.2) is 39.3 Å². The van der Waals surface area contributed by atoms with Crippen LogP contribution in [0, 0.1) is 0 Å². The van der Waals surface area contributed by atoms with E-state index in [2.05, 4.69) is 20.3 Å². The fourth-order valence-corrected chi connectivity index (χ4v) is 2.53. The van der Waals surface area contributed by atoms with Crippen LogP contribution in [0.15, 0.2) is 24.7 Å². The van der Waals surface area contributed by atoms with E-state index in [9.17, 15) is 0 Å². The van der Waals surface area contributed by atoms with Gasteiger partial charge in [-0.25, -0.2) is 9.97 Å². The number of ether oxygens (including phenoxy) is 2. The molecule has 112 valence electrons. The van der Waals surface area contributed by atoms with Gasteiger partial charge < -0.3 is 19.4 Å². The number of nitrogens with one attached hydrogen (secondary N) is 1. The van der Waals surface area contributed by atoms with Gasteiger partial charge in [0, 0.05) is 38.3 Å². The Bertz CT molecular complexity index is 601. The maximum absolute atomic E-state index is 5.91. The molecule has 7 heteroatoms. The summed E-state index contributed by atoms with van der Waals surface area (Å²) in [5.41, 5.74) is 0. The zero-order valence-corrected chi connectivity index (χ0v) is 12.2. The molecule has 0 saturated carbocycles. The van der Waals surface area contributed by atoms with Crippen molar-refractivity contribution < 1.29 is 9.47 Å². The molecular formula is C14H19N5O2. The van der Waals surface area contributed by atoms with E-state index in [1.165, 1.54) is 0 Å². The quantitative estimate of drug-likeness (QED) is 0.920. The van der Waals surface area contributed by atoms with E-state index in [0.717, 1.165) is 25.3 Å². The van der Waals surface area contributed by atoms with Crippen LogP contribution in [0.3, 0.4) is 0 Å². The fraction of sp³-hybridized carbons (Fsp3) is 0.500. The Kier molecular flexibility index (Phi) is 4.01. The normalized spacial score (nSPS) is 22.0. The first kappa shape index (κ1) is 13.8. The second kappa shape index (κ2) is 6.09. The van der Waals surface area contributed by atoms with E-state index in [4.69, 9.17) is 9.47 Å². The molecule has 1 aliphatic heterocycles. The van der Waals surface area contributed by atoms with Gasteiger partial charge in [-0.1, -0.05) is 0 Å². The Labute approximate surface area is 123 Å². The SMILES string of the molecule is COc1ccnc(N[C@H]2CCCO[C@@H]2c2nccn2C)n1. The minimum absolute atomic E-state index is 0.0898.